The number of aromatic nitrogens is 1. The lowest BCUT2D eigenvalue weighted by Crippen LogP contribution is -2.40. The standard InChI is InChI=1S/C19H27NOSi/c1-14(2)10-16-12-18(20-13-19(16)22(4,5)6)15-8-7-9-17(11-15)21-3/h7-9,11-14H,10H2,1-6H3/i7D,9D,10D2. The van der Waals surface area contributed by atoms with Crippen molar-refractivity contribution in [3.63, 3.8) is 0 Å². The fourth-order valence-electron chi connectivity index (χ4n) is 2.30. The quantitative estimate of drug-likeness (QED) is 0.757. The number of ether oxygens (including phenoxy) is 1. The lowest BCUT2D eigenvalue weighted by molar-refractivity contribution is 0.415. The van der Waals surface area contributed by atoms with Crippen LogP contribution in [0.25, 0.3) is 11.3 Å². The zero-order valence-electron chi connectivity index (χ0n) is 18.2. The van der Waals surface area contributed by atoms with Crippen LogP contribution in [0, 0.1) is 5.92 Å². The number of pyridine rings is 1. The van der Waals surface area contributed by atoms with E-state index in [9.17, 15) is 0 Å². The van der Waals surface area contributed by atoms with Crippen LogP contribution in [0.15, 0.2) is 36.5 Å². The Morgan fingerprint density at radius 3 is 2.64 bits per heavy atom. The molecule has 0 saturated heterocycles. The van der Waals surface area contributed by atoms with E-state index in [0.717, 1.165) is 5.19 Å². The summed E-state index contributed by atoms with van der Waals surface area (Å²) in [6, 6.07) is 5.17. The summed E-state index contributed by atoms with van der Waals surface area (Å²) in [5.41, 5.74) is 1.93. The summed E-state index contributed by atoms with van der Waals surface area (Å²) in [6.45, 7) is 10.3. The van der Waals surface area contributed by atoms with E-state index in [1.165, 1.54) is 7.11 Å². The molecule has 0 aliphatic carbocycles. The van der Waals surface area contributed by atoms with Gasteiger partial charge in [-0.1, -0.05) is 45.6 Å². The van der Waals surface area contributed by atoms with Gasteiger partial charge in [0.2, 0.25) is 0 Å². The lowest BCUT2D eigenvalue weighted by Gasteiger charge is -2.22. The van der Waals surface area contributed by atoms with Gasteiger partial charge in [0.1, 0.15) is 5.75 Å². The Morgan fingerprint density at radius 2 is 2.05 bits per heavy atom. The van der Waals surface area contributed by atoms with Crippen molar-refractivity contribution in [1.29, 1.82) is 0 Å². The minimum Gasteiger partial charge on any atom is -0.497 e. The van der Waals surface area contributed by atoms with E-state index < -0.39 is 14.4 Å². The van der Waals surface area contributed by atoms with Gasteiger partial charge in [0.15, 0.2) is 0 Å². The molecule has 0 atom stereocenters. The minimum atomic E-state index is -1.79. The highest BCUT2D eigenvalue weighted by Gasteiger charge is 2.21. The molecule has 0 aliphatic rings. The largest absolute Gasteiger partial charge is 0.497 e. The molecule has 22 heavy (non-hydrogen) atoms. The van der Waals surface area contributed by atoms with Gasteiger partial charge in [0.05, 0.1) is 23.6 Å². The van der Waals surface area contributed by atoms with E-state index in [1.54, 1.807) is 18.3 Å². The van der Waals surface area contributed by atoms with E-state index in [4.69, 9.17) is 10.2 Å². The van der Waals surface area contributed by atoms with Crippen molar-refractivity contribution in [3.8, 4) is 17.0 Å². The van der Waals surface area contributed by atoms with Crippen LogP contribution in [0.3, 0.4) is 0 Å². The third-order valence-corrected chi connectivity index (χ3v) is 5.40. The summed E-state index contributed by atoms with van der Waals surface area (Å²) in [5, 5.41) is 1.01. The van der Waals surface area contributed by atoms with E-state index >= 15 is 0 Å². The first-order chi connectivity index (χ1) is 11.9. The Kier molecular flexibility index (Phi) is 3.60. The van der Waals surface area contributed by atoms with Crippen LogP contribution in [0.4, 0.5) is 0 Å². The molecule has 1 aromatic carbocycles. The van der Waals surface area contributed by atoms with Crippen LogP contribution in [0.5, 0.6) is 5.75 Å². The molecule has 0 amide bonds. The monoisotopic (exact) mass is 317 g/mol. The van der Waals surface area contributed by atoms with Gasteiger partial charge < -0.3 is 4.74 Å². The predicted octanol–water partition coefficient (Wildman–Crippen LogP) is 4.50. The first kappa shape index (κ1) is 11.9. The van der Waals surface area contributed by atoms with Crippen molar-refractivity contribution in [1.82, 2.24) is 4.98 Å². The van der Waals surface area contributed by atoms with Crippen LogP contribution in [0.1, 0.15) is 24.9 Å². The molecular formula is C19H27NOSi. The number of rotatable bonds is 5. The molecule has 0 N–H and O–H groups in total. The van der Waals surface area contributed by atoms with Crippen molar-refractivity contribution < 1.29 is 10.2 Å². The SMILES string of the molecule is [2H]c1cc(-c2cc(C([2H])([2H])C(C)C)c([Si](C)(C)C)cn2)cc(OC)c1[2H]. The minimum absolute atomic E-state index is 0.0349. The Hall–Kier alpha value is -1.61. The van der Waals surface area contributed by atoms with Gasteiger partial charge in [-0.25, -0.2) is 0 Å². The van der Waals surface area contributed by atoms with Crippen molar-refractivity contribution in [2.45, 2.75) is 39.9 Å². The average Bonchev–Trinajstić information content (AvgIpc) is 2.55. The molecule has 0 saturated carbocycles. The molecule has 0 bridgehead atoms. The van der Waals surface area contributed by atoms with Gasteiger partial charge in [-0.2, -0.15) is 0 Å². The molecule has 1 heterocycles. The van der Waals surface area contributed by atoms with Crippen LogP contribution < -0.4 is 9.92 Å². The van der Waals surface area contributed by atoms with Gasteiger partial charge in [0, 0.05) is 14.5 Å². The molecule has 2 rings (SSSR count). The summed E-state index contributed by atoms with van der Waals surface area (Å²) in [4.78, 5) is 4.56. The highest BCUT2D eigenvalue weighted by molar-refractivity contribution is 6.89. The Bertz CT molecular complexity index is 816. The third kappa shape index (κ3) is 3.98. The number of hydrogen-bond acceptors (Lipinski definition) is 2. The van der Waals surface area contributed by atoms with E-state index in [2.05, 4.69) is 24.6 Å². The van der Waals surface area contributed by atoms with E-state index in [0.29, 0.717) is 22.6 Å². The molecule has 1 aromatic heterocycles. The molecule has 3 heteroatoms. The molecule has 0 radical (unpaired) electrons. The first-order valence-electron chi connectivity index (χ1n) is 9.56. The fourth-order valence-corrected chi connectivity index (χ4v) is 3.71. The Labute approximate surface area is 141 Å². The van der Waals surface area contributed by atoms with Gasteiger partial charge >= 0.3 is 0 Å². The van der Waals surface area contributed by atoms with Gasteiger partial charge in [-0.3, -0.25) is 4.98 Å². The van der Waals surface area contributed by atoms with E-state index in [1.807, 2.05) is 19.9 Å². The lowest BCUT2D eigenvalue weighted by atomic mass is 10.0. The molecule has 0 spiro atoms. The summed E-state index contributed by atoms with van der Waals surface area (Å²) < 4.78 is 38.3. The zero-order chi connectivity index (χ0) is 19.9. The van der Waals surface area contributed by atoms with Crippen LogP contribution in [-0.4, -0.2) is 20.2 Å². The summed E-state index contributed by atoms with van der Waals surface area (Å²) in [5.74, 6) is 0.140. The second-order valence-corrected chi connectivity index (χ2v) is 11.8. The van der Waals surface area contributed by atoms with E-state index in [-0.39, 0.29) is 18.0 Å². The van der Waals surface area contributed by atoms with Crippen LogP contribution >= 0.6 is 0 Å². The normalized spacial score (nSPS) is 15.0. The van der Waals surface area contributed by atoms with Gasteiger partial charge in [-0.15, -0.1) is 0 Å². The summed E-state index contributed by atoms with van der Waals surface area (Å²) in [6.07, 6.45) is 0.318. The number of methoxy groups -OCH3 is 1. The number of benzene rings is 1. The zero-order valence-corrected chi connectivity index (χ0v) is 15.2. The molecule has 118 valence electrons. The number of nitrogens with zero attached hydrogens (tertiary/aromatic N) is 1. The van der Waals surface area contributed by atoms with Crippen molar-refractivity contribution in [3.05, 3.63) is 42.0 Å². The predicted molar refractivity (Wildman–Crippen MR) is 97.7 cm³/mol. The average molecular weight is 318 g/mol. The van der Waals surface area contributed by atoms with Crippen LogP contribution in [-0.2, 0) is 6.37 Å². The number of hydrogen-bond donors (Lipinski definition) is 0. The maximum Gasteiger partial charge on any atom is 0.119 e. The molecule has 2 aromatic rings. The Morgan fingerprint density at radius 1 is 1.32 bits per heavy atom. The topological polar surface area (TPSA) is 22.1 Å². The molecule has 2 nitrogen and oxygen atoms in total. The fraction of sp³-hybridized carbons (Fsp3) is 0.421. The van der Waals surface area contributed by atoms with Gasteiger partial charge in [0.25, 0.3) is 0 Å². The van der Waals surface area contributed by atoms with Crippen molar-refractivity contribution >= 4 is 13.3 Å². The second-order valence-electron chi connectivity index (χ2n) is 6.75. The molecule has 0 fully saturated rings. The highest BCUT2D eigenvalue weighted by Crippen LogP contribution is 2.24. The summed E-state index contributed by atoms with van der Waals surface area (Å²) >= 11 is 0. The second kappa shape index (κ2) is 6.65. The van der Waals surface area contributed by atoms with Crippen molar-refractivity contribution in [2.75, 3.05) is 7.11 Å². The highest BCUT2D eigenvalue weighted by atomic mass is 28.3. The first-order valence-corrected chi connectivity index (χ1v) is 11.1. The molecular weight excluding hydrogens is 286 g/mol. The molecule has 0 aliphatic heterocycles. The Balaban J connectivity index is 2.73. The molecule has 0 unspecified atom stereocenters. The van der Waals surface area contributed by atoms with Gasteiger partial charge in [-0.05, 0) is 41.2 Å². The maximum absolute atomic E-state index is 8.63. The van der Waals surface area contributed by atoms with Crippen LogP contribution in [0.2, 0.25) is 19.6 Å². The summed E-state index contributed by atoms with van der Waals surface area (Å²) in [7, 11) is -0.316. The smallest absolute Gasteiger partial charge is 0.119 e. The van der Waals surface area contributed by atoms with Crippen molar-refractivity contribution in [2.24, 2.45) is 5.92 Å². The third-order valence-electron chi connectivity index (χ3n) is 3.38. The maximum atomic E-state index is 8.63.